The van der Waals surface area contributed by atoms with Crippen LogP contribution in [0.4, 0.5) is 17.1 Å². The Morgan fingerprint density at radius 3 is 1.68 bits per heavy atom. The van der Waals surface area contributed by atoms with Crippen molar-refractivity contribution in [2.24, 2.45) is 0 Å². The maximum atomic E-state index is 2.57. The van der Waals surface area contributed by atoms with Gasteiger partial charge in [-0.15, -0.1) is 0 Å². The summed E-state index contributed by atoms with van der Waals surface area (Å²) in [5.41, 5.74) is 19.9. The Balaban J connectivity index is 1.11. The van der Waals surface area contributed by atoms with E-state index in [1.165, 1.54) is 77.1 Å². The van der Waals surface area contributed by atoms with Crippen LogP contribution < -0.4 is 4.90 Å². The van der Waals surface area contributed by atoms with Gasteiger partial charge < -0.3 is 9.47 Å². The summed E-state index contributed by atoms with van der Waals surface area (Å²) in [6.07, 6.45) is 0. The van der Waals surface area contributed by atoms with Crippen LogP contribution >= 0.6 is 0 Å². The molecule has 320 valence electrons. The average Bonchev–Trinajstić information content (AvgIpc) is 3.89. The molecule has 0 fully saturated rings. The second kappa shape index (κ2) is 16.0. The maximum Gasteiger partial charge on any atom is 0.0547 e. The summed E-state index contributed by atoms with van der Waals surface area (Å²) in [5.74, 6) is 0. The molecule has 0 aliphatic heterocycles. The van der Waals surface area contributed by atoms with Crippen molar-refractivity contribution in [3.8, 4) is 50.2 Å². The van der Waals surface area contributed by atoms with E-state index in [-0.39, 0.29) is 5.41 Å². The normalized spacial score (nSPS) is 14.0. The van der Waals surface area contributed by atoms with Crippen LogP contribution in [-0.4, -0.2) is 4.57 Å². The van der Waals surface area contributed by atoms with Crippen molar-refractivity contribution in [1.29, 1.82) is 0 Å². The van der Waals surface area contributed by atoms with E-state index >= 15 is 0 Å². The predicted octanol–water partition coefficient (Wildman–Crippen LogP) is 17.7. The Kier molecular flexibility index (Phi) is 9.33. The fourth-order valence-corrected chi connectivity index (χ4v) is 11.4. The summed E-state index contributed by atoms with van der Waals surface area (Å²) < 4.78 is 2.42. The highest BCUT2D eigenvalue weighted by molar-refractivity contribution is 6.12. The molecule has 68 heavy (non-hydrogen) atoms. The lowest BCUT2D eigenvalue weighted by atomic mass is 9.74. The fourth-order valence-electron chi connectivity index (χ4n) is 11.4. The first-order valence-electron chi connectivity index (χ1n) is 23.6. The third-order valence-electron chi connectivity index (χ3n) is 14.5. The van der Waals surface area contributed by atoms with E-state index in [9.17, 15) is 0 Å². The zero-order valence-electron chi connectivity index (χ0n) is 37.7. The second-order valence-electron chi connectivity index (χ2n) is 18.1. The van der Waals surface area contributed by atoms with E-state index in [0.717, 1.165) is 39.4 Å². The zero-order chi connectivity index (χ0) is 45.2. The summed E-state index contributed by atoms with van der Waals surface area (Å²) >= 11 is 0. The third-order valence-corrected chi connectivity index (χ3v) is 14.5. The molecule has 0 saturated heterocycles. The first-order chi connectivity index (χ1) is 33.7. The Morgan fingerprint density at radius 2 is 0.897 bits per heavy atom. The quantitative estimate of drug-likeness (QED) is 0.148. The van der Waals surface area contributed by atoms with Gasteiger partial charge >= 0.3 is 0 Å². The van der Waals surface area contributed by atoms with Crippen LogP contribution in [0.1, 0.15) is 23.6 Å². The fraction of sp³-hybridized carbons (Fsp3) is 0.0303. The van der Waals surface area contributed by atoms with E-state index in [1.54, 1.807) is 0 Å². The van der Waals surface area contributed by atoms with Crippen molar-refractivity contribution in [1.82, 2.24) is 4.57 Å². The number of benzene rings is 11. The van der Waals surface area contributed by atoms with Gasteiger partial charge in [-0.2, -0.15) is 0 Å². The van der Waals surface area contributed by atoms with Gasteiger partial charge in [0.25, 0.3) is 0 Å². The first kappa shape index (κ1) is 39.6. The Morgan fingerprint density at radius 1 is 0.353 bits per heavy atom. The number of aromatic nitrogens is 1. The van der Waals surface area contributed by atoms with Crippen molar-refractivity contribution in [2.75, 3.05) is 4.90 Å². The predicted molar refractivity (Wildman–Crippen MR) is 287 cm³/mol. The molecule has 0 N–H and O–H groups in total. The number of anilines is 3. The van der Waals surface area contributed by atoms with Gasteiger partial charge in [-0.25, -0.2) is 0 Å². The lowest BCUT2D eigenvalue weighted by Crippen LogP contribution is -2.22. The lowest BCUT2D eigenvalue weighted by molar-refractivity contribution is 0.714. The SMILES string of the molecule is CC1(c2ccccc2)c2ccccc2-c2c(N(c3ccccc3-c3ccc4c5ccccc5n(-c5ccccc5)c4c3)c3ccccc3-c3cccc4cccc(-c5ccccc5)c34)cccc21. The van der Waals surface area contributed by atoms with Crippen LogP contribution in [0.15, 0.2) is 261 Å². The molecule has 0 spiro atoms. The molecule has 1 aliphatic carbocycles. The smallest absolute Gasteiger partial charge is 0.0547 e. The molecule has 11 aromatic carbocycles. The van der Waals surface area contributed by atoms with E-state index in [0.29, 0.717) is 0 Å². The van der Waals surface area contributed by atoms with Crippen molar-refractivity contribution >= 4 is 49.6 Å². The molecule has 1 aromatic heterocycles. The molecule has 1 atom stereocenters. The summed E-state index contributed by atoms with van der Waals surface area (Å²) in [4.78, 5) is 2.57. The minimum atomic E-state index is -0.371. The number of fused-ring (bicyclic) bond motifs is 7. The standard InChI is InChI=1S/C66H46N2/c1-66(48-26-7-3-8-27-48)57-36-15-11-33-56(57)65-58(66)37-21-41-62(65)68(61-40-18-14-32-53(61)55-35-20-25-46-24-19-34-51(64(46)55)45-22-5-2-6-23-45)59-38-16-12-30-50(59)47-42-43-54-52-31-13-17-39-60(52)67(63(54)44-47)49-28-9-4-10-29-49/h2-44H,1H3. The van der Waals surface area contributed by atoms with Gasteiger partial charge in [0.05, 0.1) is 28.1 Å². The third kappa shape index (κ3) is 6.11. The van der Waals surface area contributed by atoms with Crippen molar-refractivity contribution < 1.29 is 0 Å². The first-order valence-corrected chi connectivity index (χ1v) is 23.6. The molecular formula is C66H46N2. The highest BCUT2D eigenvalue weighted by atomic mass is 15.2. The van der Waals surface area contributed by atoms with Gasteiger partial charge in [-0.05, 0) is 105 Å². The largest absolute Gasteiger partial charge is 0.309 e. The molecule has 13 rings (SSSR count). The number of nitrogens with zero attached hydrogens (tertiary/aromatic N) is 2. The Bertz CT molecular complexity index is 3860. The van der Waals surface area contributed by atoms with E-state index in [1.807, 2.05) is 0 Å². The lowest BCUT2D eigenvalue weighted by Gasteiger charge is -2.33. The van der Waals surface area contributed by atoms with Crippen LogP contribution in [0.3, 0.4) is 0 Å². The molecule has 0 amide bonds. The molecule has 1 unspecified atom stereocenters. The number of hydrogen-bond donors (Lipinski definition) is 0. The van der Waals surface area contributed by atoms with Crippen molar-refractivity contribution in [2.45, 2.75) is 12.3 Å². The summed E-state index contributed by atoms with van der Waals surface area (Å²) in [6.45, 7) is 2.41. The molecule has 1 aliphatic rings. The van der Waals surface area contributed by atoms with Gasteiger partial charge in [-0.3, -0.25) is 0 Å². The average molecular weight is 867 g/mol. The highest BCUT2D eigenvalue weighted by Crippen LogP contribution is 2.58. The van der Waals surface area contributed by atoms with E-state index < -0.39 is 0 Å². The molecule has 0 bridgehead atoms. The number of hydrogen-bond acceptors (Lipinski definition) is 1. The van der Waals surface area contributed by atoms with Gasteiger partial charge in [0.2, 0.25) is 0 Å². The van der Waals surface area contributed by atoms with Gasteiger partial charge in [-0.1, -0.05) is 218 Å². The molecule has 0 radical (unpaired) electrons. The van der Waals surface area contributed by atoms with Gasteiger partial charge in [0, 0.05) is 38.6 Å². The van der Waals surface area contributed by atoms with Crippen molar-refractivity contribution in [3.63, 3.8) is 0 Å². The molecule has 2 heteroatoms. The zero-order valence-corrected chi connectivity index (χ0v) is 37.7. The molecule has 12 aromatic rings. The van der Waals surface area contributed by atoms with Crippen LogP contribution in [0.25, 0.3) is 82.8 Å². The van der Waals surface area contributed by atoms with Gasteiger partial charge in [0.15, 0.2) is 0 Å². The molecule has 0 saturated carbocycles. The monoisotopic (exact) mass is 866 g/mol. The summed E-state index contributed by atoms with van der Waals surface area (Å²) in [6, 6.07) is 96.0. The number of para-hydroxylation sites is 4. The summed E-state index contributed by atoms with van der Waals surface area (Å²) in [5, 5.41) is 4.92. The highest BCUT2D eigenvalue weighted by Gasteiger charge is 2.42. The maximum absolute atomic E-state index is 2.57. The van der Waals surface area contributed by atoms with Crippen LogP contribution in [0, 0.1) is 0 Å². The van der Waals surface area contributed by atoms with Crippen LogP contribution in [0.2, 0.25) is 0 Å². The van der Waals surface area contributed by atoms with Gasteiger partial charge in [0.1, 0.15) is 0 Å². The van der Waals surface area contributed by atoms with Crippen molar-refractivity contribution in [3.05, 3.63) is 278 Å². The summed E-state index contributed by atoms with van der Waals surface area (Å²) in [7, 11) is 0. The molecule has 1 heterocycles. The Labute approximate surface area is 397 Å². The van der Waals surface area contributed by atoms with E-state index in [4.69, 9.17) is 0 Å². The minimum Gasteiger partial charge on any atom is -0.309 e. The number of rotatable bonds is 8. The molecule has 2 nitrogen and oxygen atoms in total. The molecular weight excluding hydrogens is 821 g/mol. The second-order valence-corrected chi connectivity index (χ2v) is 18.1. The topological polar surface area (TPSA) is 8.17 Å². The minimum absolute atomic E-state index is 0.371. The van der Waals surface area contributed by atoms with E-state index in [2.05, 4.69) is 277 Å². The van der Waals surface area contributed by atoms with Crippen LogP contribution in [-0.2, 0) is 5.41 Å². The van der Waals surface area contributed by atoms with Crippen LogP contribution in [0.5, 0.6) is 0 Å². The Hall–Kier alpha value is -8.72.